The number of aliphatic hydroxyl groups is 2. The summed E-state index contributed by atoms with van der Waals surface area (Å²) in [5.41, 5.74) is -1.69. The molecule has 2 amide bonds. The second-order valence-corrected chi connectivity index (χ2v) is 19.3. The van der Waals surface area contributed by atoms with Crippen LogP contribution in [0.4, 0.5) is 4.79 Å². The molecule has 0 unspecified atom stereocenters. The molecular weight excluding hydrogens is 779 g/mol. The molecule has 18 atom stereocenters. The number of aliphatic carboxylic acids is 1. The summed E-state index contributed by atoms with van der Waals surface area (Å²) in [4.78, 5) is 39.7. The van der Waals surface area contributed by atoms with E-state index >= 15 is 0 Å². The summed E-state index contributed by atoms with van der Waals surface area (Å²) in [7, 11) is 0. The number of hydrogen-bond donors (Lipinski definition) is 4. The second kappa shape index (κ2) is 20.8. The molecule has 338 valence electrons. The number of nitrogens with one attached hydrogen (secondary N) is 2. The van der Waals surface area contributed by atoms with Gasteiger partial charge in [-0.2, -0.15) is 0 Å². The first-order valence-corrected chi connectivity index (χ1v) is 23.0. The molecule has 5 aliphatic heterocycles. The number of rotatable bonds is 15. The number of amides is 2. The van der Waals surface area contributed by atoms with Crippen LogP contribution in [0, 0.1) is 41.4 Å². The number of carbonyl (C=O) groups excluding carboxylic acids is 3. The summed E-state index contributed by atoms with van der Waals surface area (Å²) in [6.07, 6.45) is 7.16. The van der Waals surface area contributed by atoms with Gasteiger partial charge in [0.2, 0.25) is 0 Å². The quantitative estimate of drug-likeness (QED) is 0.140. The van der Waals surface area contributed by atoms with Crippen molar-refractivity contribution in [2.24, 2.45) is 41.4 Å². The molecule has 0 aromatic carbocycles. The van der Waals surface area contributed by atoms with E-state index in [2.05, 4.69) is 31.4 Å². The van der Waals surface area contributed by atoms with E-state index in [1.807, 2.05) is 60.6 Å². The number of carboxylic acids is 1. The van der Waals surface area contributed by atoms with E-state index in [1.165, 1.54) is 0 Å². The summed E-state index contributed by atoms with van der Waals surface area (Å²) < 4.78 is 34.4. The summed E-state index contributed by atoms with van der Waals surface area (Å²) in [6.45, 7) is 22.1. The number of ether oxygens (including phenoxy) is 5. The first-order valence-electron chi connectivity index (χ1n) is 23.0. The Labute approximate surface area is 381 Å². The molecule has 0 radical (unpaired) electrons. The SMILES string of the molecule is CCCNC(=O)N[C@H]1C=C[C@]2(O[C@H]([C@@H](CC)C(=O)[C@@H](C)[C@@H](O)[C@H](C)[C@@H]3O[C@@H]([C@@H](CC)C(=O)[O-])CC[C@@H]3C)[C@@H](C)C[C@H]2C)O[C@@]12CC[C@@](C)([C@H]1CC[C@](O)(CC)[C@H](C)O1)O2.[Na+]. The van der Waals surface area contributed by atoms with E-state index < -0.39 is 82.9 Å². The Kier molecular flexibility index (Phi) is 17.9. The van der Waals surface area contributed by atoms with Crippen molar-refractivity contribution >= 4 is 17.8 Å². The van der Waals surface area contributed by atoms with Gasteiger partial charge in [-0.1, -0.05) is 68.4 Å². The van der Waals surface area contributed by atoms with Gasteiger partial charge >= 0.3 is 35.6 Å². The molecule has 5 heterocycles. The maximum Gasteiger partial charge on any atom is 1.00 e. The van der Waals surface area contributed by atoms with E-state index in [-0.39, 0.29) is 71.3 Å². The average Bonchev–Trinajstić information content (AvgIpc) is 3.54. The molecule has 60 heavy (non-hydrogen) atoms. The zero-order valence-corrected chi connectivity index (χ0v) is 40.8. The predicted molar refractivity (Wildman–Crippen MR) is 221 cm³/mol. The minimum atomic E-state index is -1.32. The Morgan fingerprint density at radius 3 is 2.18 bits per heavy atom. The molecule has 4 saturated heterocycles. The Hall–Kier alpha value is -1.13. The van der Waals surface area contributed by atoms with Crippen LogP contribution in [0.5, 0.6) is 0 Å². The van der Waals surface area contributed by atoms with Gasteiger partial charge in [0, 0.05) is 48.5 Å². The molecule has 4 fully saturated rings. The molecular formula is C46H77N2NaO11. The zero-order chi connectivity index (χ0) is 43.7. The average molecular weight is 857 g/mol. The van der Waals surface area contributed by atoms with Crippen LogP contribution >= 0.6 is 0 Å². The van der Waals surface area contributed by atoms with Crippen LogP contribution in [-0.2, 0) is 33.3 Å². The van der Waals surface area contributed by atoms with Gasteiger partial charge in [-0.05, 0) is 96.0 Å². The van der Waals surface area contributed by atoms with Crippen LogP contribution in [0.1, 0.15) is 147 Å². The number of hydrogen-bond acceptors (Lipinski definition) is 11. The molecule has 5 aliphatic rings. The zero-order valence-electron chi connectivity index (χ0n) is 38.8. The Bertz CT molecular complexity index is 1500. The molecule has 14 heteroatoms. The van der Waals surface area contributed by atoms with E-state index in [9.17, 15) is 29.7 Å². The Morgan fingerprint density at radius 1 is 0.900 bits per heavy atom. The van der Waals surface area contributed by atoms with E-state index in [1.54, 1.807) is 6.92 Å². The van der Waals surface area contributed by atoms with Crippen molar-refractivity contribution in [1.29, 1.82) is 0 Å². The molecule has 0 aromatic rings. The molecule has 2 spiro atoms. The van der Waals surface area contributed by atoms with Gasteiger partial charge < -0.3 is 54.4 Å². The van der Waals surface area contributed by atoms with Gasteiger partial charge in [0.25, 0.3) is 0 Å². The minimum absolute atomic E-state index is 0. The van der Waals surface area contributed by atoms with Crippen molar-refractivity contribution in [3.05, 3.63) is 12.2 Å². The standard InChI is InChI=1S/C46H78N2O11.Na/c1-12-24-47-42(53)48-35-18-21-45(59-46(35)23-22-43(11,58-46)36-19-20-44(54,15-4)31(10)55-36)28(7)25-27(6)40(57-45)33(14-3)38(50)29(8)37(49)30(9)39-26(5)16-17-34(56-39)32(13-2)41(51)52;/h18,21,26-37,39-40,49,54H,12-17,19-20,22-25H2,1-11H3,(H,51,52)(H2,47,48,53);/q;+1/p-1/t26-,27-,28+,29-,30-,31-,32+,33-,34+,35-,36+,37+,39+,40-,43-,44+,45-,46-;/m0./s1. The fourth-order valence-electron chi connectivity index (χ4n) is 11.1. The number of carboxylic acid groups (broad SMARTS) is 1. The fourth-order valence-corrected chi connectivity index (χ4v) is 11.1. The number of aliphatic hydroxyl groups excluding tert-OH is 1. The van der Waals surface area contributed by atoms with Gasteiger partial charge in [0.05, 0.1) is 47.8 Å². The number of ketones is 1. The van der Waals surface area contributed by atoms with Crippen LogP contribution in [0.3, 0.4) is 0 Å². The van der Waals surface area contributed by atoms with Crippen LogP contribution in [0.25, 0.3) is 0 Å². The minimum Gasteiger partial charge on any atom is -0.550 e. The van der Waals surface area contributed by atoms with Crippen LogP contribution in [-0.4, -0.2) is 100.0 Å². The van der Waals surface area contributed by atoms with Crippen molar-refractivity contribution in [2.75, 3.05) is 6.54 Å². The largest absolute Gasteiger partial charge is 1.00 e. The van der Waals surface area contributed by atoms with Crippen LogP contribution in [0.15, 0.2) is 12.2 Å². The van der Waals surface area contributed by atoms with Gasteiger partial charge in [-0.15, -0.1) is 0 Å². The molecule has 0 bridgehead atoms. The molecule has 0 aliphatic carbocycles. The maximum atomic E-state index is 14.6. The summed E-state index contributed by atoms with van der Waals surface area (Å²) in [5, 5.41) is 40.9. The Balaban J connectivity index is 0.00000794. The molecule has 13 nitrogen and oxygen atoms in total. The van der Waals surface area contributed by atoms with E-state index in [4.69, 9.17) is 23.7 Å². The van der Waals surface area contributed by atoms with Crippen molar-refractivity contribution in [2.45, 2.75) is 212 Å². The first kappa shape index (κ1) is 51.5. The van der Waals surface area contributed by atoms with Gasteiger partial charge in [-0.25, -0.2) is 4.79 Å². The number of Topliss-reactive ketones (excluding diaryl/α,β-unsaturated/α-hetero) is 1. The first-order chi connectivity index (χ1) is 27.7. The van der Waals surface area contributed by atoms with Gasteiger partial charge in [-0.3, -0.25) is 4.79 Å². The third-order valence-corrected chi connectivity index (χ3v) is 15.3. The number of carbonyl (C=O) groups is 3. The van der Waals surface area contributed by atoms with Crippen molar-refractivity contribution in [3.8, 4) is 0 Å². The predicted octanol–water partition coefficient (Wildman–Crippen LogP) is 2.57. The van der Waals surface area contributed by atoms with Crippen LogP contribution in [0.2, 0.25) is 0 Å². The number of urea groups is 1. The van der Waals surface area contributed by atoms with Crippen molar-refractivity contribution in [3.63, 3.8) is 0 Å². The maximum absolute atomic E-state index is 14.6. The van der Waals surface area contributed by atoms with E-state index in [0.717, 1.165) is 12.8 Å². The summed E-state index contributed by atoms with van der Waals surface area (Å²) in [6, 6.07) is -0.985. The third kappa shape index (κ3) is 10.4. The normalized spacial score (nSPS) is 41.8. The summed E-state index contributed by atoms with van der Waals surface area (Å²) in [5.74, 6) is -6.35. The van der Waals surface area contributed by atoms with Gasteiger partial charge in [0.15, 0.2) is 11.6 Å². The molecule has 0 saturated carbocycles. The topological polar surface area (TPSA) is 185 Å². The molecule has 5 rings (SSSR count). The van der Waals surface area contributed by atoms with Crippen molar-refractivity contribution in [1.82, 2.24) is 10.6 Å². The monoisotopic (exact) mass is 857 g/mol. The molecule has 0 aromatic heterocycles. The van der Waals surface area contributed by atoms with Crippen LogP contribution < -0.4 is 45.3 Å². The van der Waals surface area contributed by atoms with Crippen molar-refractivity contribution < 1.29 is 82.9 Å². The van der Waals surface area contributed by atoms with E-state index in [0.29, 0.717) is 64.3 Å². The van der Waals surface area contributed by atoms with Gasteiger partial charge in [0.1, 0.15) is 11.8 Å². The summed E-state index contributed by atoms with van der Waals surface area (Å²) >= 11 is 0. The second-order valence-electron chi connectivity index (χ2n) is 19.3. The fraction of sp³-hybridized carbons (Fsp3) is 0.891. The Morgan fingerprint density at radius 2 is 1.58 bits per heavy atom. The third-order valence-electron chi connectivity index (χ3n) is 15.3. The molecule has 4 N–H and O–H groups in total. The smallest absolute Gasteiger partial charge is 0.550 e.